The molecule has 3 rings (SSSR count). The van der Waals surface area contributed by atoms with E-state index in [2.05, 4.69) is 42.9 Å². The molecule has 2 heterocycles. The lowest BCUT2D eigenvalue weighted by molar-refractivity contribution is 1.26. The lowest BCUT2D eigenvalue weighted by atomic mass is 10.0. The van der Waals surface area contributed by atoms with Crippen LogP contribution in [-0.4, -0.2) is 4.98 Å². The van der Waals surface area contributed by atoms with Crippen LogP contribution in [0.5, 0.6) is 0 Å². The van der Waals surface area contributed by atoms with Crippen molar-refractivity contribution in [3.63, 3.8) is 0 Å². The average Bonchev–Trinajstić information content (AvgIpc) is 3.01. The molecule has 0 aliphatic heterocycles. The van der Waals surface area contributed by atoms with Gasteiger partial charge in [0, 0.05) is 10.0 Å². The van der Waals surface area contributed by atoms with E-state index in [1.54, 1.807) is 11.3 Å². The van der Waals surface area contributed by atoms with Gasteiger partial charge in [-0.25, -0.2) is 4.98 Å². The number of nitriles is 1. The first-order valence-electron chi connectivity index (χ1n) is 6.09. The first-order valence-corrected chi connectivity index (χ1v) is 8.56. The summed E-state index contributed by atoms with van der Waals surface area (Å²) in [7, 11) is 0. The van der Waals surface area contributed by atoms with Crippen molar-refractivity contribution in [2.75, 3.05) is 0 Å². The number of pyridine rings is 1. The summed E-state index contributed by atoms with van der Waals surface area (Å²) in [5.74, 6) is 0. The van der Waals surface area contributed by atoms with Gasteiger partial charge in [0.05, 0.1) is 16.1 Å². The average molecular weight is 420 g/mol. The molecule has 3 aromatic rings. The monoisotopic (exact) mass is 418 g/mol. The van der Waals surface area contributed by atoms with Gasteiger partial charge < -0.3 is 0 Å². The van der Waals surface area contributed by atoms with E-state index in [1.165, 1.54) is 0 Å². The highest BCUT2D eigenvalue weighted by molar-refractivity contribution is 9.10. The van der Waals surface area contributed by atoms with E-state index in [1.807, 2.05) is 47.8 Å². The number of aromatic nitrogens is 1. The standard InChI is InChI=1S/C16H8Br2N2S/c17-11-5-3-10(4-6-11)12-8-14(15-2-1-7-21-15)20-16(18)13(12)9-19/h1-8H. The summed E-state index contributed by atoms with van der Waals surface area (Å²) in [6, 6.07) is 16.1. The molecule has 1 aromatic carbocycles. The van der Waals surface area contributed by atoms with Crippen LogP contribution in [0, 0.1) is 11.3 Å². The molecule has 2 aromatic heterocycles. The molecule has 0 saturated heterocycles. The lowest BCUT2D eigenvalue weighted by Gasteiger charge is -2.08. The van der Waals surface area contributed by atoms with Crippen molar-refractivity contribution in [3.05, 3.63) is 62.5 Å². The Balaban J connectivity index is 2.22. The van der Waals surface area contributed by atoms with Crippen LogP contribution in [0.3, 0.4) is 0 Å². The molecule has 0 unspecified atom stereocenters. The van der Waals surface area contributed by atoms with Gasteiger partial charge in [-0.15, -0.1) is 11.3 Å². The van der Waals surface area contributed by atoms with Gasteiger partial charge in [0.25, 0.3) is 0 Å². The number of benzene rings is 1. The molecule has 0 aliphatic rings. The molecule has 0 saturated carbocycles. The van der Waals surface area contributed by atoms with Crippen molar-refractivity contribution in [2.24, 2.45) is 0 Å². The highest BCUT2D eigenvalue weighted by Crippen LogP contribution is 2.34. The van der Waals surface area contributed by atoms with Crippen LogP contribution in [0.1, 0.15) is 5.56 Å². The molecule has 0 N–H and O–H groups in total. The number of hydrogen-bond donors (Lipinski definition) is 0. The lowest BCUT2D eigenvalue weighted by Crippen LogP contribution is -1.92. The van der Waals surface area contributed by atoms with Crippen molar-refractivity contribution in [1.82, 2.24) is 4.98 Å². The maximum Gasteiger partial charge on any atom is 0.125 e. The van der Waals surface area contributed by atoms with Gasteiger partial charge in [0.15, 0.2) is 0 Å². The minimum Gasteiger partial charge on any atom is -0.239 e. The Labute approximate surface area is 143 Å². The predicted octanol–water partition coefficient (Wildman–Crippen LogP) is 5.87. The first-order chi connectivity index (χ1) is 10.2. The van der Waals surface area contributed by atoms with Crippen molar-refractivity contribution in [2.45, 2.75) is 0 Å². The molecule has 102 valence electrons. The van der Waals surface area contributed by atoms with E-state index in [0.717, 1.165) is 26.2 Å². The van der Waals surface area contributed by atoms with Gasteiger partial charge in [-0.3, -0.25) is 0 Å². The van der Waals surface area contributed by atoms with Crippen LogP contribution >= 0.6 is 43.2 Å². The highest BCUT2D eigenvalue weighted by Gasteiger charge is 2.14. The number of halogens is 2. The summed E-state index contributed by atoms with van der Waals surface area (Å²) < 4.78 is 1.59. The third-order valence-corrected chi connectivity index (χ3v) is 5.01. The van der Waals surface area contributed by atoms with Crippen molar-refractivity contribution in [1.29, 1.82) is 5.26 Å². The third kappa shape index (κ3) is 2.93. The molecule has 0 aliphatic carbocycles. The summed E-state index contributed by atoms with van der Waals surface area (Å²) in [6.45, 7) is 0. The number of rotatable bonds is 2. The normalized spacial score (nSPS) is 10.3. The van der Waals surface area contributed by atoms with Crippen LogP contribution in [0.4, 0.5) is 0 Å². The summed E-state index contributed by atoms with van der Waals surface area (Å²) in [5.41, 5.74) is 3.30. The van der Waals surface area contributed by atoms with Crippen LogP contribution < -0.4 is 0 Å². The zero-order valence-electron chi connectivity index (χ0n) is 10.7. The second-order valence-electron chi connectivity index (χ2n) is 4.32. The molecule has 0 spiro atoms. The van der Waals surface area contributed by atoms with Gasteiger partial charge >= 0.3 is 0 Å². The molecule has 5 heteroatoms. The minimum atomic E-state index is 0.553. The Kier molecular flexibility index (Phi) is 4.20. The molecule has 21 heavy (non-hydrogen) atoms. The Bertz CT molecular complexity index is 819. The molecule has 0 amide bonds. The van der Waals surface area contributed by atoms with Crippen LogP contribution in [-0.2, 0) is 0 Å². The molecule has 0 radical (unpaired) electrons. The van der Waals surface area contributed by atoms with Crippen molar-refractivity contribution >= 4 is 43.2 Å². The summed E-state index contributed by atoms with van der Waals surface area (Å²) in [6.07, 6.45) is 0. The molecular formula is C16H8Br2N2S. The Morgan fingerprint density at radius 1 is 1.10 bits per heavy atom. The highest BCUT2D eigenvalue weighted by atomic mass is 79.9. The fourth-order valence-electron chi connectivity index (χ4n) is 2.03. The van der Waals surface area contributed by atoms with Gasteiger partial charge in [0.2, 0.25) is 0 Å². The van der Waals surface area contributed by atoms with Gasteiger partial charge in [-0.1, -0.05) is 34.1 Å². The maximum atomic E-state index is 9.41. The Hall–Kier alpha value is -1.48. The SMILES string of the molecule is N#Cc1c(-c2ccc(Br)cc2)cc(-c2cccs2)nc1Br. The molecular weight excluding hydrogens is 412 g/mol. The van der Waals surface area contributed by atoms with E-state index < -0.39 is 0 Å². The Morgan fingerprint density at radius 2 is 1.86 bits per heavy atom. The minimum absolute atomic E-state index is 0.553. The fraction of sp³-hybridized carbons (Fsp3) is 0. The summed E-state index contributed by atoms with van der Waals surface area (Å²) >= 11 is 8.48. The molecule has 0 bridgehead atoms. The van der Waals surface area contributed by atoms with E-state index in [-0.39, 0.29) is 0 Å². The maximum absolute atomic E-state index is 9.41. The van der Waals surface area contributed by atoms with E-state index in [0.29, 0.717) is 10.2 Å². The van der Waals surface area contributed by atoms with E-state index in [4.69, 9.17) is 0 Å². The van der Waals surface area contributed by atoms with Gasteiger partial charge in [-0.05, 0) is 51.1 Å². The smallest absolute Gasteiger partial charge is 0.125 e. The number of thiophene rings is 1. The quantitative estimate of drug-likeness (QED) is 0.486. The summed E-state index contributed by atoms with van der Waals surface area (Å²) in [4.78, 5) is 5.57. The zero-order chi connectivity index (χ0) is 14.8. The van der Waals surface area contributed by atoms with Crippen molar-refractivity contribution < 1.29 is 0 Å². The summed E-state index contributed by atoms with van der Waals surface area (Å²) in [5, 5.41) is 11.4. The third-order valence-electron chi connectivity index (χ3n) is 3.02. The van der Waals surface area contributed by atoms with Crippen LogP contribution in [0.2, 0.25) is 0 Å². The van der Waals surface area contributed by atoms with E-state index in [9.17, 15) is 5.26 Å². The topological polar surface area (TPSA) is 36.7 Å². The van der Waals surface area contributed by atoms with E-state index >= 15 is 0 Å². The second kappa shape index (κ2) is 6.10. The molecule has 0 fully saturated rings. The van der Waals surface area contributed by atoms with Gasteiger partial charge in [0.1, 0.15) is 10.7 Å². The van der Waals surface area contributed by atoms with Crippen LogP contribution in [0.25, 0.3) is 21.7 Å². The fourth-order valence-corrected chi connectivity index (χ4v) is 3.47. The Morgan fingerprint density at radius 3 is 2.48 bits per heavy atom. The molecule has 0 atom stereocenters. The zero-order valence-corrected chi connectivity index (χ0v) is 14.7. The molecule has 2 nitrogen and oxygen atoms in total. The second-order valence-corrected chi connectivity index (χ2v) is 6.93. The van der Waals surface area contributed by atoms with Crippen LogP contribution in [0.15, 0.2) is 56.9 Å². The predicted molar refractivity (Wildman–Crippen MR) is 93.1 cm³/mol. The number of nitrogens with zero attached hydrogens (tertiary/aromatic N) is 2. The number of hydrogen-bond acceptors (Lipinski definition) is 3. The first kappa shape index (κ1) is 14.5. The largest absolute Gasteiger partial charge is 0.239 e. The van der Waals surface area contributed by atoms with Crippen molar-refractivity contribution in [3.8, 4) is 27.8 Å². The van der Waals surface area contributed by atoms with Gasteiger partial charge in [-0.2, -0.15) is 5.26 Å².